The minimum Gasteiger partial charge on any atom is -0.347 e. The highest BCUT2D eigenvalue weighted by atomic mass is 32.1. The Bertz CT molecular complexity index is 997. The summed E-state index contributed by atoms with van der Waals surface area (Å²) >= 11 is 1.47. The van der Waals surface area contributed by atoms with Gasteiger partial charge in [-0.3, -0.25) is 14.7 Å². The zero-order chi connectivity index (χ0) is 19.7. The van der Waals surface area contributed by atoms with E-state index in [-0.39, 0.29) is 23.9 Å². The molecule has 8 heteroatoms. The highest BCUT2D eigenvalue weighted by Crippen LogP contribution is 2.33. The number of thiophene rings is 1. The van der Waals surface area contributed by atoms with Gasteiger partial charge in [-0.15, -0.1) is 11.3 Å². The lowest BCUT2D eigenvalue weighted by molar-refractivity contribution is 0.0729. The second kappa shape index (κ2) is 7.55. The van der Waals surface area contributed by atoms with Crippen LogP contribution < -0.4 is 5.32 Å². The average molecular weight is 395 g/mol. The summed E-state index contributed by atoms with van der Waals surface area (Å²) in [5.41, 5.74) is 0.603. The number of nitrogens with zero attached hydrogens (tertiary/aromatic N) is 3. The van der Waals surface area contributed by atoms with E-state index in [1.54, 1.807) is 17.0 Å². The first-order valence-corrected chi connectivity index (χ1v) is 9.95. The summed E-state index contributed by atoms with van der Waals surface area (Å²) in [6.45, 7) is 4.23. The molecule has 3 heterocycles. The van der Waals surface area contributed by atoms with Gasteiger partial charge in [-0.25, -0.2) is 4.98 Å². The highest BCUT2D eigenvalue weighted by Gasteiger charge is 2.39. The number of benzene rings is 1. The van der Waals surface area contributed by atoms with Crippen LogP contribution >= 0.6 is 11.3 Å². The number of carbonyl (C=O) groups excluding carboxylic acids is 2. The Kier molecular flexibility index (Phi) is 4.95. The van der Waals surface area contributed by atoms with Gasteiger partial charge in [-0.2, -0.15) is 5.10 Å². The third-order valence-electron chi connectivity index (χ3n) is 4.80. The summed E-state index contributed by atoms with van der Waals surface area (Å²) in [6, 6.07) is 12.4. The fourth-order valence-corrected chi connectivity index (χ4v) is 4.29. The van der Waals surface area contributed by atoms with Crippen molar-refractivity contribution >= 4 is 23.2 Å². The molecule has 2 N–H and O–H groups in total. The van der Waals surface area contributed by atoms with Crippen molar-refractivity contribution in [2.45, 2.75) is 32.4 Å². The van der Waals surface area contributed by atoms with Gasteiger partial charge in [0.2, 0.25) is 0 Å². The van der Waals surface area contributed by atoms with Crippen LogP contribution in [-0.2, 0) is 0 Å². The normalized spacial score (nSPS) is 19.0. The summed E-state index contributed by atoms with van der Waals surface area (Å²) < 4.78 is 0. The number of carbonyl (C=O) groups is 2. The topological polar surface area (TPSA) is 91.0 Å². The number of amides is 2. The lowest BCUT2D eigenvalue weighted by Gasteiger charge is -2.21. The predicted octanol–water partition coefficient (Wildman–Crippen LogP) is 2.87. The molecule has 7 nitrogen and oxygen atoms in total. The largest absolute Gasteiger partial charge is 0.347 e. The molecule has 1 saturated heterocycles. The van der Waals surface area contributed by atoms with E-state index in [1.165, 1.54) is 11.3 Å². The summed E-state index contributed by atoms with van der Waals surface area (Å²) in [5, 5.41) is 10.2. The maximum absolute atomic E-state index is 13.1. The molecule has 1 aromatic carbocycles. The fourth-order valence-electron chi connectivity index (χ4n) is 3.47. The van der Waals surface area contributed by atoms with E-state index in [0.717, 1.165) is 4.88 Å². The highest BCUT2D eigenvalue weighted by molar-refractivity contribution is 7.13. The zero-order valence-corrected chi connectivity index (χ0v) is 16.5. The lowest BCUT2D eigenvalue weighted by Crippen LogP contribution is -2.38. The number of hydrogen-bond donors (Lipinski definition) is 2. The second-order valence-electron chi connectivity index (χ2n) is 6.93. The predicted molar refractivity (Wildman–Crippen MR) is 106 cm³/mol. The quantitative estimate of drug-likeness (QED) is 0.711. The van der Waals surface area contributed by atoms with Crippen molar-refractivity contribution in [1.29, 1.82) is 0 Å². The molecular formula is C20H21N5O2S. The summed E-state index contributed by atoms with van der Waals surface area (Å²) in [6.07, 6.45) is 0.575. The molecule has 1 aliphatic rings. The van der Waals surface area contributed by atoms with Gasteiger partial charge in [0, 0.05) is 23.0 Å². The van der Waals surface area contributed by atoms with Gasteiger partial charge in [0.1, 0.15) is 5.82 Å². The van der Waals surface area contributed by atoms with Crippen molar-refractivity contribution in [2.75, 3.05) is 6.54 Å². The third kappa shape index (κ3) is 3.68. The van der Waals surface area contributed by atoms with Gasteiger partial charge in [-0.1, -0.05) is 18.2 Å². The molecule has 28 heavy (non-hydrogen) atoms. The van der Waals surface area contributed by atoms with Crippen molar-refractivity contribution in [1.82, 2.24) is 25.4 Å². The Morgan fingerprint density at radius 2 is 1.96 bits per heavy atom. The van der Waals surface area contributed by atoms with Crippen molar-refractivity contribution in [3.63, 3.8) is 0 Å². The van der Waals surface area contributed by atoms with E-state index in [1.807, 2.05) is 44.2 Å². The Labute approximate surface area is 166 Å². The number of hydrogen-bond acceptors (Lipinski definition) is 5. The number of nitrogens with one attached hydrogen (secondary N) is 2. The molecule has 2 atom stereocenters. The SMILES string of the molecule is Cc1nc(C2CC(NC(=O)c3ccccc3)CN2C(=O)c2ccc(C)s2)n[nH]1. The standard InChI is InChI=1S/C20H21N5O2S/c1-12-8-9-17(28-12)20(27)25-11-15(10-16(25)18-21-13(2)23-24-18)22-19(26)14-6-4-3-5-7-14/h3-9,15-16H,10-11H2,1-2H3,(H,22,26)(H,21,23,24). The van der Waals surface area contributed by atoms with Crippen LogP contribution in [0.4, 0.5) is 0 Å². The fraction of sp³-hybridized carbons (Fsp3) is 0.300. The van der Waals surface area contributed by atoms with E-state index in [2.05, 4.69) is 20.5 Å². The molecule has 3 aromatic rings. The van der Waals surface area contributed by atoms with E-state index in [4.69, 9.17) is 0 Å². The van der Waals surface area contributed by atoms with E-state index in [9.17, 15) is 9.59 Å². The molecule has 1 aliphatic heterocycles. The number of aromatic amines is 1. The minimum absolute atomic E-state index is 0.0537. The van der Waals surface area contributed by atoms with Gasteiger partial charge in [-0.05, 0) is 44.5 Å². The third-order valence-corrected chi connectivity index (χ3v) is 5.79. The number of rotatable bonds is 4. The Morgan fingerprint density at radius 3 is 2.61 bits per heavy atom. The maximum atomic E-state index is 13.1. The molecule has 1 fully saturated rings. The Hall–Kier alpha value is -3.00. The Balaban J connectivity index is 1.56. The average Bonchev–Trinajstić information content (AvgIpc) is 3.42. The molecule has 2 amide bonds. The summed E-state index contributed by atoms with van der Waals surface area (Å²) in [5.74, 6) is 1.08. The van der Waals surface area contributed by atoms with E-state index < -0.39 is 0 Å². The van der Waals surface area contributed by atoms with E-state index in [0.29, 0.717) is 35.1 Å². The first-order valence-electron chi connectivity index (χ1n) is 9.13. The van der Waals surface area contributed by atoms with Gasteiger partial charge < -0.3 is 10.2 Å². The van der Waals surface area contributed by atoms with Gasteiger partial charge >= 0.3 is 0 Å². The van der Waals surface area contributed by atoms with Gasteiger partial charge in [0.25, 0.3) is 11.8 Å². The molecule has 0 saturated carbocycles. The van der Waals surface area contributed by atoms with Crippen LogP contribution in [0.15, 0.2) is 42.5 Å². The van der Waals surface area contributed by atoms with Crippen molar-refractivity contribution in [3.05, 3.63) is 69.4 Å². The van der Waals surface area contributed by atoms with E-state index >= 15 is 0 Å². The lowest BCUT2D eigenvalue weighted by atomic mass is 10.1. The molecule has 0 bridgehead atoms. The molecule has 0 radical (unpaired) electrons. The van der Waals surface area contributed by atoms with Gasteiger partial charge in [0.15, 0.2) is 5.82 Å². The molecule has 0 aliphatic carbocycles. The summed E-state index contributed by atoms with van der Waals surface area (Å²) in [4.78, 5) is 33.6. The number of aryl methyl sites for hydroxylation is 2. The van der Waals surface area contributed by atoms with Crippen LogP contribution in [0.25, 0.3) is 0 Å². The van der Waals surface area contributed by atoms with Crippen LogP contribution in [0.3, 0.4) is 0 Å². The van der Waals surface area contributed by atoms with Crippen molar-refractivity contribution < 1.29 is 9.59 Å². The van der Waals surface area contributed by atoms with Crippen LogP contribution in [0.2, 0.25) is 0 Å². The molecule has 2 unspecified atom stereocenters. The molecular weight excluding hydrogens is 374 g/mol. The van der Waals surface area contributed by atoms with Crippen LogP contribution in [0, 0.1) is 13.8 Å². The van der Waals surface area contributed by atoms with Crippen molar-refractivity contribution in [2.24, 2.45) is 0 Å². The molecule has 4 rings (SSSR count). The van der Waals surface area contributed by atoms with Gasteiger partial charge in [0.05, 0.1) is 10.9 Å². The molecule has 144 valence electrons. The minimum atomic E-state index is -0.277. The number of likely N-dealkylation sites (tertiary alicyclic amines) is 1. The maximum Gasteiger partial charge on any atom is 0.264 e. The van der Waals surface area contributed by atoms with Crippen LogP contribution in [0.5, 0.6) is 0 Å². The Morgan fingerprint density at radius 1 is 1.18 bits per heavy atom. The number of aromatic nitrogens is 3. The monoisotopic (exact) mass is 395 g/mol. The smallest absolute Gasteiger partial charge is 0.264 e. The van der Waals surface area contributed by atoms with Crippen LogP contribution in [0.1, 0.15) is 49.0 Å². The molecule has 0 spiro atoms. The first kappa shape index (κ1) is 18.4. The van der Waals surface area contributed by atoms with Crippen molar-refractivity contribution in [3.8, 4) is 0 Å². The summed E-state index contributed by atoms with van der Waals surface area (Å²) in [7, 11) is 0. The zero-order valence-electron chi connectivity index (χ0n) is 15.7. The number of H-pyrrole nitrogens is 1. The first-order chi connectivity index (χ1) is 13.5. The molecule has 2 aromatic heterocycles. The van der Waals surface area contributed by atoms with Crippen LogP contribution in [-0.4, -0.2) is 44.5 Å². The second-order valence-corrected chi connectivity index (χ2v) is 8.22.